The Morgan fingerprint density at radius 1 is 1.04 bits per heavy atom. The number of carbonyl (C=O) groups is 1. The SMILES string of the molecule is N#Cc1ccccc1N1CCN(C(=O)[C@@H]2CCOc3ccccc32)CC1. The monoisotopic (exact) mass is 347 g/mol. The average Bonchev–Trinajstić information content (AvgIpc) is 2.73. The van der Waals surface area contributed by atoms with Crippen LogP contribution in [0.25, 0.3) is 0 Å². The van der Waals surface area contributed by atoms with E-state index in [9.17, 15) is 10.1 Å². The van der Waals surface area contributed by atoms with Crippen molar-refractivity contribution in [3.05, 3.63) is 59.7 Å². The highest BCUT2D eigenvalue weighted by Crippen LogP contribution is 2.35. The third kappa shape index (κ3) is 2.99. The second-order valence-electron chi connectivity index (χ2n) is 6.67. The predicted molar refractivity (Wildman–Crippen MR) is 99.2 cm³/mol. The van der Waals surface area contributed by atoms with Crippen molar-refractivity contribution in [1.29, 1.82) is 5.26 Å². The first kappa shape index (κ1) is 16.5. The number of amides is 1. The molecule has 4 rings (SSSR count). The third-order valence-electron chi connectivity index (χ3n) is 5.21. The molecule has 5 heteroatoms. The van der Waals surface area contributed by atoms with E-state index in [0.29, 0.717) is 25.3 Å². The lowest BCUT2D eigenvalue weighted by molar-refractivity contribution is -0.133. The molecule has 0 aromatic heterocycles. The Bertz CT molecular complexity index is 850. The van der Waals surface area contributed by atoms with Gasteiger partial charge in [0.1, 0.15) is 11.8 Å². The van der Waals surface area contributed by atoms with Gasteiger partial charge < -0.3 is 14.5 Å². The molecule has 0 unspecified atom stereocenters. The molecule has 1 amide bonds. The molecule has 26 heavy (non-hydrogen) atoms. The molecule has 5 nitrogen and oxygen atoms in total. The second kappa shape index (κ2) is 7.09. The quantitative estimate of drug-likeness (QED) is 0.838. The maximum atomic E-state index is 13.1. The summed E-state index contributed by atoms with van der Waals surface area (Å²) in [6.45, 7) is 3.43. The van der Waals surface area contributed by atoms with Crippen LogP contribution in [0.2, 0.25) is 0 Å². The zero-order valence-corrected chi connectivity index (χ0v) is 14.6. The fraction of sp³-hybridized carbons (Fsp3) is 0.333. The van der Waals surface area contributed by atoms with Crippen molar-refractivity contribution in [1.82, 2.24) is 4.90 Å². The number of rotatable bonds is 2. The number of ether oxygens (including phenoxy) is 1. The van der Waals surface area contributed by atoms with E-state index in [1.54, 1.807) is 0 Å². The Hall–Kier alpha value is -3.00. The van der Waals surface area contributed by atoms with Crippen LogP contribution in [0.4, 0.5) is 5.69 Å². The maximum Gasteiger partial charge on any atom is 0.230 e. The van der Waals surface area contributed by atoms with E-state index in [0.717, 1.165) is 36.5 Å². The van der Waals surface area contributed by atoms with Crippen molar-refractivity contribution >= 4 is 11.6 Å². The number of hydrogen-bond acceptors (Lipinski definition) is 4. The van der Waals surface area contributed by atoms with Gasteiger partial charge in [-0.3, -0.25) is 4.79 Å². The second-order valence-corrected chi connectivity index (χ2v) is 6.67. The van der Waals surface area contributed by atoms with Gasteiger partial charge in [0.05, 0.1) is 23.8 Å². The highest BCUT2D eigenvalue weighted by atomic mass is 16.5. The van der Waals surface area contributed by atoms with Gasteiger partial charge in [0.2, 0.25) is 5.91 Å². The number of nitrogens with zero attached hydrogens (tertiary/aromatic N) is 3. The van der Waals surface area contributed by atoms with Gasteiger partial charge >= 0.3 is 0 Å². The summed E-state index contributed by atoms with van der Waals surface area (Å²) in [5.41, 5.74) is 2.64. The summed E-state index contributed by atoms with van der Waals surface area (Å²) >= 11 is 0. The van der Waals surface area contributed by atoms with Gasteiger partial charge in [-0.25, -0.2) is 0 Å². The zero-order valence-electron chi connectivity index (χ0n) is 14.6. The third-order valence-corrected chi connectivity index (χ3v) is 5.21. The van der Waals surface area contributed by atoms with E-state index < -0.39 is 0 Å². The minimum atomic E-state index is -0.113. The summed E-state index contributed by atoms with van der Waals surface area (Å²) in [5.74, 6) is 0.908. The van der Waals surface area contributed by atoms with Crippen molar-refractivity contribution in [3.8, 4) is 11.8 Å². The fourth-order valence-electron chi connectivity index (χ4n) is 3.83. The van der Waals surface area contributed by atoms with Crippen molar-refractivity contribution in [3.63, 3.8) is 0 Å². The molecular formula is C21H21N3O2. The fourth-order valence-corrected chi connectivity index (χ4v) is 3.83. The van der Waals surface area contributed by atoms with Gasteiger partial charge in [-0.1, -0.05) is 30.3 Å². The summed E-state index contributed by atoms with van der Waals surface area (Å²) in [6, 6.07) is 17.7. The number of hydrogen-bond donors (Lipinski definition) is 0. The van der Waals surface area contributed by atoms with E-state index in [1.165, 1.54) is 0 Å². The van der Waals surface area contributed by atoms with Gasteiger partial charge in [-0.2, -0.15) is 5.26 Å². The standard InChI is InChI=1S/C21H21N3O2/c22-15-16-5-1-3-7-19(16)23-10-12-24(13-11-23)21(25)18-9-14-26-20-8-4-2-6-17(18)20/h1-8,18H,9-14H2/t18-/m1/s1. The molecule has 1 fully saturated rings. The molecule has 2 aromatic carbocycles. The molecule has 1 saturated heterocycles. The first-order chi connectivity index (χ1) is 12.8. The molecule has 0 spiro atoms. The Labute approximate surface area is 153 Å². The molecular weight excluding hydrogens is 326 g/mol. The Kier molecular flexibility index (Phi) is 4.49. The van der Waals surface area contributed by atoms with Crippen LogP contribution in [0.3, 0.4) is 0 Å². The van der Waals surface area contributed by atoms with Gasteiger partial charge in [-0.15, -0.1) is 0 Å². The van der Waals surface area contributed by atoms with E-state index in [1.807, 2.05) is 53.4 Å². The van der Waals surface area contributed by atoms with Crippen LogP contribution in [-0.4, -0.2) is 43.6 Å². The van der Waals surface area contributed by atoms with Crippen LogP contribution in [0.5, 0.6) is 5.75 Å². The van der Waals surface area contributed by atoms with Gasteiger partial charge in [-0.05, 0) is 24.6 Å². The van der Waals surface area contributed by atoms with Crippen LogP contribution in [0.15, 0.2) is 48.5 Å². The molecule has 2 heterocycles. The minimum Gasteiger partial charge on any atom is -0.493 e. The molecule has 1 atom stereocenters. The van der Waals surface area contributed by atoms with Crippen molar-refractivity contribution in [2.24, 2.45) is 0 Å². The average molecular weight is 347 g/mol. The number of anilines is 1. The lowest BCUT2D eigenvalue weighted by Crippen LogP contribution is -2.50. The lowest BCUT2D eigenvalue weighted by Gasteiger charge is -2.38. The number of para-hydroxylation sites is 2. The number of fused-ring (bicyclic) bond motifs is 1. The largest absolute Gasteiger partial charge is 0.493 e. The Morgan fingerprint density at radius 2 is 1.77 bits per heavy atom. The molecule has 0 bridgehead atoms. The van der Waals surface area contributed by atoms with E-state index in [4.69, 9.17) is 4.74 Å². The van der Waals surface area contributed by atoms with Crippen molar-refractivity contribution < 1.29 is 9.53 Å². The predicted octanol–water partition coefficient (Wildman–Crippen LogP) is 2.77. The summed E-state index contributed by atoms with van der Waals surface area (Å²) in [5, 5.41) is 9.30. The van der Waals surface area contributed by atoms with Crippen LogP contribution in [0, 0.1) is 11.3 Å². The maximum absolute atomic E-state index is 13.1. The molecule has 0 saturated carbocycles. The first-order valence-electron chi connectivity index (χ1n) is 9.02. The molecule has 0 aliphatic carbocycles. The van der Waals surface area contributed by atoms with E-state index >= 15 is 0 Å². The smallest absolute Gasteiger partial charge is 0.230 e. The van der Waals surface area contributed by atoms with Crippen LogP contribution in [-0.2, 0) is 4.79 Å². The highest BCUT2D eigenvalue weighted by Gasteiger charge is 2.32. The number of piperazine rings is 1. The van der Waals surface area contributed by atoms with Crippen LogP contribution in [0.1, 0.15) is 23.5 Å². The van der Waals surface area contributed by atoms with E-state index in [-0.39, 0.29) is 11.8 Å². The number of benzene rings is 2. The molecule has 2 aliphatic rings. The number of carbonyl (C=O) groups excluding carboxylic acids is 1. The van der Waals surface area contributed by atoms with Crippen molar-refractivity contribution in [2.75, 3.05) is 37.7 Å². The lowest BCUT2D eigenvalue weighted by atomic mass is 9.91. The molecule has 0 N–H and O–H groups in total. The highest BCUT2D eigenvalue weighted by molar-refractivity contribution is 5.85. The van der Waals surface area contributed by atoms with Gasteiger partial charge in [0, 0.05) is 31.7 Å². The topological polar surface area (TPSA) is 56.6 Å². The normalized spacial score (nSPS) is 19.3. The van der Waals surface area contributed by atoms with Crippen molar-refractivity contribution in [2.45, 2.75) is 12.3 Å². The van der Waals surface area contributed by atoms with E-state index in [2.05, 4.69) is 11.0 Å². The Morgan fingerprint density at radius 3 is 2.58 bits per heavy atom. The Balaban J connectivity index is 1.46. The summed E-state index contributed by atoms with van der Waals surface area (Å²) in [4.78, 5) is 17.2. The molecule has 132 valence electrons. The van der Waals surface area contributed by atoms with Crippen LogP contribution >= 0.6 is 0 Å². The number of nitriles is 1. The molecule has 2 aromatic rings. The minimum absolute atomic E-state index is 0.113. The summed E-state index contributed by atoms with van der Waals surface area (Å²) in [6.07, 6.45) is 0.729. The summed E-state index contributed by atoms with van der Waals surface area (Å²) in [7, 11) is 0. The molecule has 0 radical (unpaired) electrons. The van der Waals surface area contributed by atoms with Gasteiger partial charge in [0.25, 0.3) is 0 Å². The zero-order chi connectivity index (χ0) is 17.9. The van der Waals surface area contributed by atoms with Crippen LogP contribution < -0.4 is 9.64 Å². The first-order valence-corrected chi connectivity index (χ1v) is 9.02. The summed E-state index contributed by atoms with van der Waals surface area (Å²) < 4.78 is 5.68. The van der Waals surface area contributed by atoms with Gasteiger partial charge in [0.15, 0.2) is 0 Å². The molecule has 2 aliphatic heterocycles.